The van der Waals surface area contributed by atoms with Crippen molar-refractivity contribution in [1.82, 2.24) is 4.90 Å². The van der Waals surface area contributed by atoms with Crippen molar-refractivity contribution in [3.8, 4) is 0 Å². The minimum atomic E-state index is -0.447. The molecule has 1 amide bonds. The highest BCUT2D eigenvalue weighted by molar-refractivity contribution is 5.77. The van der Waals surface area contributed by atoms with Gasteiger partial charge in [-0.25, -0.2) is 0 Å². The van der Waals surface area contributed by atoms with Crippen molar-refractivity contribution in [1.29, 1.82) is 0 Å². The molecule has 1 aliphatic heterocycles. The zero-order chi connectivity index (χ0) is 13.6. The Morgan fingerprint density at radius 2 is 1.89 bits per heavy atom. The van der Waals surface area contributed by atoms with Gasteiger partial charge in [-0.3, -0.25) is 9.59 Å². The smallest absolute Gasteiger partial charge is 0.308 e. The van der Waals surface area contributed by atoms with Gasteiger partial charge in [0.15, 0.2) is 0 Å². The van der Waals surface area contributed by atoms with Crippen LogP contribution in [0, 0.1) is 0 Å². The van der Waals surface area contributed by atoms with Crippen molar-refractivity contribution in [3.05, 3.63) is 0 Å². The molecule has 0 spiro atoms. The number of amides is 1. The van der Waals surface area contributed by atoms with Crippen LogP contribution in [0.15, 0.2) is 0 Å². The summed E-state index contributed by atoms with van der Waals surface area (Å²) in [4.78, 5) is 25.2. The van der Waals surface area contributed by atoms with E-state index >= 15 is 0 Å². The van der Waals surface area contributed by atoms with Gasteiger partial charge in [-0.2, -0.15) is 0 Å². The molecule has 4 heteroatoms. The number of hydrogen-bond donors (Lipinski definition) is 0. The molecule has 0 aromatic heterocycles. The Kier molecular flexibility index (Phi) is 5.63. The lowest BCUT2D eigenvalue weighted by atomic mass is 10.1. The average molecular weight is 255 g/mol. The number of rotatable bonds is 3. The third-order valence-corrected chi connectivity index (χ3v) is 2.93. The molecule has 1 saturated heterocycles. The summed E-state index contributed by atoms with van der Waals surface area (Å²) in [7, 11) is 0. The van der Waals surface area contributed by atoms with E-state index in [9.17, 15) is 9.59 Å². The summed E-state index contributed by atoms with van der Waals surface area (Å²) in [5.74, 6) is -0.0457. The van der Waals surface area contributed by atoms with Gasteiger partial charge in [-0.15, -0.1) is 0 Å². The topological polar surface area (TPSA) is 46.6 Å². The number of nitrogens with zero attached hydrogens (tertiary/aromatic N) is 1. The van der Waals surface area contributed by atoms with Crippen LogP contribution in [0.3, 0.4) is 0 Å². The second-order valence-electron chi connectivity index (χ2n) is 5.88. The molecule has 0 aliphatic carbocycles. The van der Waals surface area contributed by atoms with E-state index in [-0.39, 0.29) is 11.9 Å². The van der Waals surface area contributed by atoms with E-state index in [1.54, 1.807) is 0 Å². The molecule has 0 aromatic rings. The predicted molar refractivity (Wildman–Crippen MR) is 70.1 cm³/mol. The lowest BCUT2D eigenvalue weighted by Gasteiger charge is -2.25. The van der Waals surface area contributed by atoms with Gasteiger partial charge < -0.3 is 9.64 Å². The number of carbonyl (C=O) groups excluding carboxylic acids is 2. The van der Waals surface area contributed by atoms with Crippen LogP contribution < -0.4 is 0 Å². The average Bonchev–Trinajstić information content (AvgIpc) is 2.20. The van der Waals surface area contributed by atoms with Gasteiger partial charge in [0.1, 0.15) is 5.60 Å². The van der Waals surface area contributed by atoms with Gasteiger partial charge >= 0.3 is 5.97 Å². The van der Waals surface area contributed by atoms with Crippen LogP contribution in [-0.4, -0.2) is 35.5 Å². The standard InChI is InChI=1S/C14H25NO3/c1-14(2,3)18-13(17)9-11-15-10-7-5-4-6-8-12(15)16/h4-11H2,1-3H3. The molecule has 1 rings (SSSR count). The lowest BCUT2D eigenvalue weighted by molar-refractivity contribution is -0.155. The highest BCUT2D eigenvalue weighted by atomic mass is 16.6. The molecule has 18 heavy (non-hydrogen) atoms. The second kappa shape index (κ2) is 6.76. The van der Waals surface area contributed by atoms with Crippen LogP contribution >= 0.6 is 0 Å². The summed E-state index contributed by atoms with van der Waals surface area (Å²) in [5.41, 5.74) is -0.447. The van der Waals surface area contributed by atoms with Gasteiger partial charge in [0, 0.05) is 19.5 Å². The fourth-order valence-corrected chi connectivity index (χ4v) is 2.07. The highest BCUT2D eigenvalue weighted by Gasteiger charge is 2.19. The molecular formula is C14H25NO3. The Morgan fingerprint density at radius 3 is 2.56 bits per heavy atom. The molecule has 0 saturated carbocycles. The molecule has 0 atom stereocenters. The summed E-state index contributed by atoms with van der Waals surface area (Å²) in [5, 5.41) is 0. The van der Waals surface area contributed by atoms with Gasteiger partial charge in [-0.1, -0.05) is 12.8 Å². The molecule has 0 aromatic carbocycles. The largest absolute Gasteiger partial charge is 0.460 e. The highest BCUT2D eigenvalue weighted by Crippen LogP contribution is 2.13. The van der Waals surface area contributed by atoms with Gasteiger partial charge in [0.2, 0.25) is 5.91 Å². The predicted octanol–water partition coefficient (Wildman–Crippen LogP) is 2.51. The summed E-state index contributed by atoms with van der Waals surface area (Å²) in [6, 6.07) is 0. The summed E-state index contributed by atoms with van der Waals surface area (Å²) in [6.07, 6.45) is 5.25. The van der Waals surface area contributed by atoms with Crippen molar-refractivity contribution >= 4 is 11.9 Å². The van der Waals surface area contributed by atoms with E-state index in [2.05, 4.69) is 0 Å². The molecule has 0 radical (unpaired) electrons. The molecule has 0 N–H and O–H groups in total. The van der Waals surface area contributed by atoms with Gasteiger partial charge in [0.05, 0.1) is 6.42 Å². The third-order valence-electron chi connectivity index (χ3n) is 2.93. The fraction of sp³-hybridized carbons (Fsp3) is 0.857. The van der Waals surface area contributed by atoms with Crippen molar-refractivity contribution in [3.63, 3.8) is 0 Å². The molecule has 104 valence electrons. The zero-order valence-corrected chi connectivity index (χ0v) is 11.8. The zero-order valence-electron chi connectivity index (χ0n) is 11.8. The summed E-state index contributed by atoms with van der Waals surface area (Å²) in [6.45, 7) is 6.83. The number of hydrogen-bond acceptors (Lipinski definition) is 3. The Hall–Kier alpha value is -1.06. The molecular weight excluding hydrogens is 230 g/mol. The number of ether oxygens (including phenoxy) is 1. The van der Waals surface area contributed by atoms with E-state index in [0.29, 0.717) is 19.4 Å². The Balaban J connectivity index is 2.35. The van der Waals surface area contributed by atoms with E-state index < -0.39 is 5.60 Å². The molecule has 1 heterocycles. The lowest BCUT2D eigenvalue weighted by Crippen LogP contribution is -2.35. The maximum Gasteiger partial charge on any atom is 0.308 e. The van der Waals surface area contributed by atoms with Crippen molar-refractivity contribution in [2.24, 2.45) is 0 Å². The Morgan fingerprint density at radius 1 is 1.22 bits per heavy atom. The van der Waals surface area contributed by atoms with Crippen LogP contribution in [0.25, 0.3) is 0 Å². The third kappa shape index (κ3) is 6.03. The van der Waals surface area contributed by atoms with E-state index in [0.717, 1.165) is 25.8 Å². The first-order valence-corrected chi connectivity index (χ1v) is 6.88. The maximum absolute atomic E-state index is 11.8. The second-order valence-corrected chi connectivity index (χ2v) is 5.88. The fourth-order valence-electron chi connectivity index (χ4n) is 2.07. The Labute approximate surface area is 110 Å². The number of carbonyl (C=O) groups is 2. The van der Waals surface area contributed by atoms with Crippen LogP contribution in [0.5, 0.6) is 0 Å². The van der Waals surface area contributed by atoms with Crippen LogP contribution in [0.1, 0.15) is 59.3 Å². The monoisotopic (exact) mass is 255 g/mol. The number of likely N-dealkylation sites (tertiary alicyclic amines) is 1. The first kappa shape index (κ1) is 15.0. The molecule has 1 fully saturated rings. The maximum atomic E-state index is 11.8. The van der Waals surface area contributed by atoms with Crippen LogP contribution in [0.4, 0.5) is 0 Å². The minimum absolute atomic E-state index is 0.179. The summed E-state index contributed by atoms with van der Waals surface area (Å²) < 4.78 is 5.24. The quantitative estimate of drug-likeness (QED) is 0.728. The van der Waals surface area contributed by atoms with Crippen molar-refractivity contribution in [2.75, 3.05) is 13.1 Å². The minimum Gasteiger partial charge on any atom is -0.460 e. The molecule has 0 unspecified atom stereocenters. The van der Waals surface area contributed by atoms with E-state index in [1.807, 2.05) is 25.7 Å². The normalized spacial score (nSPS) is 18.2. The van der Waals surface area contributed by atoms with Crippen molar-refractivity contribution in [2.45, 2.75) is 64.9 Å². The van der Waals surface area contributed by atoms with Gasteiger partial charge in [0.25, 0.3) is 0 Å². The number of esters is 1. The molecule has 1 aliphatic rings. The van der Waals surface area contributed by atoms with Crippen molar-refractivity contribution < 1.29 is 14.3 Å². The summed E-state index contributed by atoms with van der Waals surface area (Å²) >= 11 is 0. The first-order valence-electron chi connectivity index (χ1n) is 6.88. The van der Waals surface area contributed by atoms with E-state index in [4.69, 9.17) is 4.74 Å². The van der Waals surface area contributed by atoms with Crippen LogP contribution in [-0.2, 0) is 14.3 Å². The molecule has 0 bridgehead atoms. The van der Waals surface area contributed by atoms with Crippen LogP contribution in [0.2, 0.25) is 0 Å². The van der Waals surface area contributed by atoms with Gasteiger partial charge in [-0.05, 0) is 33.6 Å². The SMILES string of the molecule is CC(C)(C)OC(=O)CCN1CCCCCCC1=O. The molecule has 4 nitrogen and oxygen atoms in total. The van der Waals surface area contributed by atoms with E-state index in [1.165, 1.54) is 6.42 Å². The Bertz CT molecular complexity index is 294. The first-order chi connectivity index (χ1) is 8.38.